The van der Waals surface area contributed by atoms with Crippen LogP contribution in [0, 0.1) is 5.41 Å². The summed E-state index contributed by atoms with van der Waals surface area (Å²) in [7, 11) is 0. The van der Waals surface area contributed by atoms with Crippen molar-refractivity contribution < 1.29 is 0 Å². The summed E-state index contributed by atoms with van der Waals surface area (Å²) < 4.78 is 3.18. The smallest absolute Gasteiger partial charge is 0.0629 e. The predicted molar refractivity (Wildman–Crippen MR) is 77.5 cm³/mol. The van der Waals surface area contributed by atoms with Gasteiger partial charge in [0.2, 0.25) is 0 Å². The summed E-state index contributed by atoms with van der Waals surface area (Å²) in [4.78, 5) is 0. The molecule has 0 heterocycles. The number of rotatable bonds is 2. The van der Waals surface area contributed by atoms with Crippen molar-refractivity contribution in [1.82, 2.24) is 0 Å². The lowest BCUT2D eigenvalue weighted by Gasteiger charge is -2.21. The number of hydrogen-bond donors (Lipinski definition) is 1. The van der Waals surface area contributed by atoms with Crippen molar-refractivity contribution in [2.75, 3.05) is 11.9 Å². The molecule has 0 saturated carbocycles. The van der Waals surface area contributed by atoms with Crippen molar-refractivity contribution >= 4 is 53.5 Å². The normalized spacial score (nSPS) is 11.6. The van der Waals surface area contributed by atoms with Crippen molar-refractivity contribution in [2.24, 2.45) is 5.41 Å². The van der Waals surface area contributed by atoms with Gasteiger partial charge in [-0.3, -0.25) is 0 Å². The molecule has 0 amide bonds. The van der Waals surface area contributed by atoms with Gasteiger partial charge in [0.15, 0.2) is 0 Å². The molecule has 0 aliphatic carbocycles. The van der Waals surface area contributed by atoms with Gasteiger partial charge in [0.25, 0.3) is 0 Å². The Hall–Kier alpha value is 0.460. The van der Waals surface area contributed by atoms with Crippen LogP contribution in [0.25, 0.3) is 0 Å². The maximum absolute atomic E-state index is 3.54. The van der Waals surface area contributed by atoms with Gasteiger partial charge >= 0.3 is 0 Å². The number of benzene rings is 1. The van der Waals surface area contributed by atoms with E-state index < -0.39 is 0 Å². The third kappa shape index (κ3) is 4.45. The van der Waals surface area contributed by atoms with Crippen molar-refractivity contribution in [3.63, 3.8) is 0 Å². The largest absolute Gasteiger partial charge is 0.383 e. The Balaban J connectivity index is 2.86. The summed E-state index contributed by atoms with van der Waals surface area (Å²) in [5.74, 6) is 0. The van der Waals surface area contributed by atoms with Gasteiger partial charge in [0, 0.05) is 20.0 Å². The highest BCUT2D eigenvalue weighted by Crippen LogP contribution is 2.34. The van der Waals surface area contributed by atoms with Crippen molar-refractivity contribution in [3.8, 4) is 0 Å². The summed E-state index contributed by atoms with van der Waals surface area (Å²) in [5.41, 5.74) is 1.37. The maximum atomic E-state index is 3.54. The van der Waals surface area contributed by atoms with E-state index >= 15 is 0 Å². The molecule has 0 aromatic heterocycles. The number of halogens is 3. The Morgan fingerprint density at radius 3 is 1.93 bits per heavy atom. The zero-order valence-corrected chi connectivity index (χ0v) is 13.8. The molecule has 0 saturated heterocycles. The molecule has 0 atom stereocenters. The second-order valence-electron chi connectivity index (χ2n) is 4.66. The lowest BCUT2D eigenvalue weighted by atomic mass is 9.97. The zero-order valence-electron chi connectivity index (χ0n) is 9.00. The highest BCUT2D eigenvalue weighted by Gasteiger charge is 2.12. The molecule has 1 aromatic rings. The standard InChI is InChI=1S/C11H14Br3N/c1-11(2,3)6-15-10-8(13)4-7(12)5-9(10)14/h4-5,15H,6H2,1-3H3. The summed E-state index contributed by atoms with van der Waals surface area (Å²) in [6.07, 6.45) is 0. The fourth-order valence-electron chi connectivity index (χ4n) is 1.06. The van der Waals surface area contributed by atoms with E-state index in [4.69, 9.17) is 0 Å². The second-order valence-corrected chi connectivity index (χ2v) is 7.28. The minimum atomic E-state index is 0.270. The number of hydrogen-bond acceptors (Lipinski definition) is 1. The van der Waals surface area contributed by atoms with Gasteiger partial charge < -0.3 is 5.32 Å². The monoisotopic (exact) mass is 397 g/mol. The fourth-order valence-corrected chi connectivity index (χ4v) is 3.60. The van der Waals surface area contributed by atoms with Crippen molar-refractivity contribution in [3.05, 3.63) is 25.6 Å². The molecule has 1 aromatic carbocycles. The van der Waals surface area contributed by atoms with E-state index in [0.717, 1.165) is 25.7 Å². The predicted octanol–water partition coefficient (Wildman–Crippen LogP) is 5.43. The van der Waals surface area contributed by atoms with E-state index in [1.165, 1.54) is 0 Å². The summed E-state index contributed by atoms with van der Waals surface area (Å²) >= 11 is 10.5. The maximum Gasteiger partial charge on any atom is 0.0629 e. The zero-order chi connectivity index (χ0) is 11.6. The van der Waals surface area contributed by atoms with Crippen molar-refractivity contribution in [2.45, 2.75) is 20.8 Å². The number of nitrogens with one attached hydrogen (secondary N) is 1. The van der Waals surface area contributed by atoms with E-state index in [2.05, 4.69) is 73.9 Å². The van der Waals surface area contributed by atoms with Crippen LogP contribution in [0.2, 0.25) is 0 Å². The van der Waals surface area contributed by atoms with E-state index in [1.54, 1.807) is 0 Å². The molecule has 4 heteroatoms. The van der Waals surface area contributed by atoms with Crippen LogP contribution in [-0.2, 0) is 0 Å². The van der Waals surface area contributed by atoms with Crippen LogP contribution in [0.4, 0.5) is 5.69 Å². The van der Waals surface area contributed by atoms with Gasteiger partial charge in [-0.05, 0) is 49.4 Å². The van der Waals surface area contributed by atoms with Crippen LogP contribution < -0.4 is 5.32 Å². The van der Waals surface area contributed by atoms with E-state index in [1.807, 2.05) is 12.1 Å². The molecule has 1 N–H and O–H groups in total. The molecular formula is C11H14Br3N. The van der Waals surface area contributed by atoms with Gasteiger partial charge in [0.05, 0.1) is 5.69 Å². The van der Waals surface area contributed by atoms with Gasteiger partial charge in [-0.2, -0.15) is 0 Å². The molecule has 0 aliphatic heterocycles. The van der Waals surface area contributed by atoms with E-state index in [0.29, 0.717) is 0 Å². The Morgan fingerprint density at radius 1 is 1.07 bits per heavy atom. The topological polar surface area (TPSA) is 12.0 Å². The molecule has 15 heavy (non-hydrogen) atoms. The Bertz CT molecular complexity index is 332. The van der Waals surface area contributed by atoms with E-state index in [-0.39, 0.29) is 5.41 Å². The molecule has 0 unspecified atom stereocenters. The highest BCUT2D eigenvalue weighted by molar-refractivity contribution is 9.11. The quantitative estimate of drug-likeness (QED) is 0.698. The molecule has 0 radical (unpaired) electrons. The average Bonchev–Trinajstić information content (AvgIpc) is 1.99. The highest BCUT2D eigenvalue weighted by atomic mass is 79.9. The minimum absolute atomic E-state index is 0.270. The van der Waals surface area contributed by atoms with Crippen LogP contribution in [0.1, 0.15) is 20.8 Å². The third-order valence-corrected chi connectivity index (χ3v) is 3.51. The lowest BCUT2D eigenvalue weighted by Crippen LogP contribution is -2.19. The first-order valence-corrected chi connectivity index (χ1v) is 7.06. The molecule has 1 rings (SSSR count). The molecule has 0 bridgehead atoms. The Labute approximate surface area is 116 Å². The first-order chi connectivity index (χ1) is 6.79. The Kier molecular flexibility index (Phi) is 4.68. The van der Waals surface area contributed by atoms with Crippen LogP contribution in [0.5, 0.6) is 0 Å². The Morgan fingerprint density at radius 2 is 1.53 bits per heavy atom. The van der Waals surface area contributed by atoms with Crippen LogP contribution in [0.3, 0.4) is 0 Å². The van der Waals surface area contributed by atoms with Crippen LogP contribution in [0.15, 0.2) is 25.6 Å². The van der Waals surface area contributed by atoms with Crippen LogP contribution in [-0.4, -0.2) is 6.54 Å². The van der Waals surface area contributed by atoms with Crippen molar-refractivity contribution in [1.29, 1.82) is 0 Å². The number of anilines is 1. The van der Waals surface area contributed by atoms with Gasteiger partial charge in [-0.1, -0.05) is 36.7 Å². The molecule has 0 spiro atoms. The summed E-state index contributed by atoms with van der Waals surface area (Å²) in [6.45, 7) is 7.56. The molecule has 0 fully saturated rings. The lowest BCUT2D eigenvalue weighted by molar-refractivity contribution is 0.443. The van der Waals surface area contributed by atoms with Gasteiger partial charge in [-0.15, -0.1) is 0 Å². The molecule has 84 valence electrons. The fraction of sp³-hybridized carbons (Fsp3) is 0.455. The van der Waals surface area contributed by atoms with Gasteiger partial charge in [0.1, 0.15) is 0 Å². The third-order valence-electron chi connectivity index (χ3n) is 1.80. The first-order valence-electron chi connectivity index (χ1n) is 4.68. The van der Waals surface area contributed by atoms with Crippen LogP contribution >= 0.6 is 47.8 Å². The minimum Gasteiger partial charge on any atom is -0.383 e. The first kappa shape index (κ1) is 13.5. The van der Waals surface area contributed by atoms with E-state index in [9.17, 15) is 0 Å². The SMILES string of the molecule is CC(C)(C)CNc1c(Br)cc(Br)cc1Br. The second kappa shape index (κ2) is 5.19. The summed E-state index contributed by atoms with van der Waals surface area (Å²) in [5, 5.41) is 3.43. The summed E-state index contributed by atoms with van der Waals surface area (Å²) in [6, 6.07) is 4.07. The molecular weight excluding hydrogens is 386 g/mol. The average molecular weight is 400 g/mol. The van der Waals surface area contributed by atoms with Gasteiger partial charge in [-0.25, -0.2) is 0 Å². The molecule has 1 nitrogen and oxygen atoms in total. The molecule has 0 aliphatic rings.